The number of methoxy groups -OCH3 is 2. The van der Waals surface area contributed by atoms with Gasteiger partial charge in [0, 0.05) is 22.9 Å². The Morgan fingerprint density at radius 1 is 1.17 bits per heavy atom. The van der Waals surface area contributed by atoms with Gasteiger partial charge in [-0.15, -0.1) is 5.10 Å². The van der Waals surface area contributed by atoms with Crippen molar-refractivity contribution in [2.45, 2.75) is 23.3 Å². The van der Waals surface area contributed by atoms with Crippen molar-refractivity contribution >= 4 is 34.5 Å². The molecule has 0 saturated heterocycles. The van der Waals surface area contributed by atoms with Crippen molar-refractivity contribution in [2.24, 2.45) is 0 Å². The van der Waals surface area contributed by atoms with Gasteiger partial charge in [-0.05, 0) is 30.3 Å². The summed E-state index contributed by atoms with van der Waals surface area (Å²) >= 11 is 1.51. The molecule has 2 heterocycles. The molecule has 30 heavy (non-hydrogen) atoms. The van der Waals surface area contributed by atoms with Gasteiger partial charge in [0.2, 0.25) is 0 Å². The van der Waals surface area contributed by atoms with Crippen LogP contribution >= 0.6 is 11.8 Å². The number of ether oxygens (including phenoxy) is 2. The summed E-state index contributed by atoms with van der Waals surface area (Å²) in [6, 6.07) is 13.7. The molecule has 2 aromatic carbocycles. The van der Waals surface area contributed by atoms with Crippen molar-refractivity contribution in [2.75, 3.05) is 19.5 Å². The molecule has 0 aliphatic rings. The molecule has 0 spiro atoms. The molecule has 4 aromatic rings. The third-order valence-corrected chi connectivity index (χ3v) is 5.71. The fraction of sp³-hybridized carbons (Fsp3) is 0.200. The van der Waals surface area contributed by atoms with E-state index >= 15 is 0 Å². The number of tetrazole rings is 1. The van der Waals surface area contributed by atoms with E-state index in [-0.39, 0.29) is 11.9 Å². The lowest BCUT2D eigenvalue weighted by molar-refractivity contribution is 0.101. The number of nitrogens with zero attached hydrogens (tertiary/aromatic N) is 4. The predicted octanol–water partition coefficient (Wildman–Crippen LogP) is 3.60. The Labute approximate surface area is 176 Å². The predicted molar refractivity (Wildman–Crippen MR) is 113 cm³/mol. The molecule has 0 radical (unpaired) electrons. The topological polar surface area (TPSA) is 107 Å². The van der Waals surface area contributed by atoms with Gasteiger partial charge < -0.3 is 14.0 Å². The summed E-state index contributed by atoms with van der Waals surface area (Å²) in [5, 5.41) is 17.1. The lowest BCUT2D eigenvalue weighted by atomic mass is 10.2. The van der Waals surface area contributed by atoms with E-state index in [0.717, 1.165) is 20.7 Å². The summed E-state index contributed by atoms with van der Waals surface area (Å²) in [6.07, 6.45) is 0. The molecule has 0 unspecified atom stereocenters. The van der Waals surface area contributed by atoms with Gasteiger partial charge in [-0.3, -0.25) is 10.1 Å². The van der Waals surface area contributed by atoms with E-state index < -0.39 is 0 Å². The average molecular weight is 424 g/mol. The number of amides is 1. The fourth-order valence-electron chi connectivity index (χ4n) is 3.28. The smallest absolute Gasteiger partial charge is 0.275 e. The number of carbonyl (C=O) groups is 1. The van der Waals surface area contributed by atoms with Gasteiger partial charge in [-0.1, -0.05) is 35.1 Å². The van der Waals surface area contributed by atoms with Crippen LogP contribution in [0.2, 0.25) is 0 Å². The zero-order chi connectivity index (χ0) is 21.1. The van der Waals surface area contributed by atoms with Gasteiger partial charge in [0.1, 0.15) is 5.69 Å². The Kier molecular flexibility index (Phi) is 5.57. The number of benzene rings is 2. The number of aryl methyl sites for hydroxylation is 1. The Hall–Kier alpha value is -3.53. The zero-order valence-electron chi connectivity index (χ0n) is 16.7. The number of hydrogen-bond acceptors (Lipinski definition) is 7. The summed E-state index contributed by atoms with van der Waals surface area (Å²) < 4.78 is 12.9. The summed E-state index contributed by atoms with van der Waals surface area (Å²) in [4.78, 5) is 15.1. The molecular weight excluding hydrogens is 404 g/mol. The second-order valence-corrected chi connectivity index (χ2v) is 7.33. The minimum atomic E-state index is -0.328. The maximum absolute atomic E-state index is 13.3. The SMILES string of the molecule is CCn1c(C(=O)Nc2nn[nH]n2)c(Sc2ccccc2)c2cc(OC)c(OC)cc21. The van der Waals surface area contributed by atoms with Crippen LogP contribution in [0.4, 0.5) is 5.95 Å². The van der Waals surface area contributed by atoms with Crippen LogP contribution in [0.25, 0.3) is 10.9 Å². The van der Waals surface area contributed by atoms with Gasteiger partial charge in [0.05, 0.1) is 24.6 Å². The van der Waals surface area contributed by atoms with Gasteiger partial charge in [-0.2, -0.15) is 5.21 Å². The van der Waals surface area contributed by atoms with Crippen LogP contribution in [-0.4, -0.2) is 45.3 Å². The van der Waals surface area contributed by atoms with Crippen LogP contribution in [0, 0.1) is 0 Å². The van der Waals surface area contributed by atoms with Crippen molar-refractivity contribution < 1.29 is 14.3 Å². The van der Waals surface area contributed by atoms with E-state index in [0.29, 0.717) is 23.7 Å². The normalized spacial score (nSPS) is 10.9. The van der Waals surface area contributed by atoms with E-state index in [9.17, 15) is 4.79 Å². The van der Waals surface area contributed by atoms with Crippen molar-refractivity contribution in [3.05, 3.63) is 48.2 Å². The number of aromatic amines is 1. The molecule has 0 saturated carbocycles. The molecule has 2 N–H and O–H groups in total. The van der Waals surface area contributed by atoms with Gasteiger partial charge >= 0.3 is 0 Å². The van der Waals surface area contributed by atoms with Crippen LogP contribution in [0.15, 0.2) is 52.3 Å². The van der Waals surface area contributed by atoms with Crippen LogP contribution < -0.4 is 14.8 Å². The maximum atomic E-state index is 13.3. The minimum absolute atomic E-state index is 0.110. The number of nitrogens with one attached hydrogen (secondary N) is 2. The summed E-state index contributed by atoms with van der Waals surface area (Å²) in [7, 11) is 3.18. The number of fused-ring (bicyclic) bond motifs is 1. The molecule has 0 aliphatic carbocycles. The van der Waals surface area contributed by atoms with Crippen molar-refractivity contribution in [1.82, 2.24) is 25.2 Å². The van der Waals surface area contributed by atoms with E-state index in [1.807, 2.05) is 54.0 Å². The van der Waals surface area contributed by atoms with Crippen LogP contribution in [-0.2, 0) is 6.54 Å². The molecule has 2 aromatic heterocycles. The molecule has 10 heteroatoms. The summed E-state index contributed by atoms with van der Waals surface area (Å²) in [6.45, 7) is 2.56. The molecule has 0 bridgehead atoms. The monoisotopic (exact) mass is 424 g/mol. The van der Waals surface area contributed by atoms with Gasteiger partial charge in [-0.25, -0.2) is 0 Å². The second kappa shape index (κ2) is 8.46. The highest BCUT2D eigenvalue weighted by molar-refractivity contribution is 7.99. The molecule has 1 amide bonds. The Morgan fingerprint density at radius 3 is 2.53 bits per heavy atom. The number of carbonyl (C=O) groups excluding carboxylic acids is 1. The highest BCUT2D eigenvalue weighted by Gasteiger charge is 2.25. The molecular formula is C20H20N6O3S. The highest BCUT2D eigenvalue weighted by atomic mass is 32.2. The van der Waals surface area contributed by atoms with E-state index in [4.69, 9.17) is 9.47 Å². The first kappa shape index (κ1) is 19.8. The van der Waals surface area contributed by atoms with Crippen molar-refractivity contribution in [3.63, 3.8) is 0 Å². The third-order valence-electron chi connectivity index (χ3n) is 4.59. The Bertz CT molecular complexity index is 1170. The standard InChI is InChI=1S/C20H20N6O3S/c1-4-26-14-11-16(29-3)15(28-2)10-13(14)18(30-12-8-6-5-7-9-12)17(26)19(27)21-20-22-24-25-23-20/h5-11H,4H2,1-3H3,(H2,21,22,23,24,25,27). The lowest BCUT2D eigenvalue weighted by Crippen LogP contribution is -2.18. The molecule has 0 fully saturated rings. The number of hydrogen-bond donors (Lipinski definition) is 2. The molecule has 9 nitrogen and oxygen atoms in total. The minimum Gasteiger partial charge on any atom is -0.493 e. The van der Waals surface area contributed by atoms with E-state index in [1.54, 1.807) is 14.2 Å². The largest absolute Gasteiger partial charge is 0.493 e. The van der Waals surface area contributed by atoms with Crippen LogP contribution in [0.1, 0.15) is 17.4 Å². The highest BCUT2D eigenvalue weighted by Crippen LogP contribution is 2.43. The number of rotatable bonds is 7. The molecule has 4 rings (SSSR count). The van der Waals surface area contributed by atoms with E-state index in [1.165, 1.54) is 11.8 Å². The maximum Gasteiger partial charge on any atom is 0.275 e. The van der Waals surface area contributed by atoms with Crippen molar-refractivity contribution in [1.29, 1.82) is 0 Å². The van der Waals surface area contributed by atoms with Crippen molar-refractivity contribution in [3.8, 4) is 11.5 Å². The first-order valence-electron chi connectivity index (χ1n) is 9.22. The van der Waals surface area contributed by atoms with Crippen LogP contribution in [0.5, 0.6) is 11.5 Å². The first-order valence-corrected chi connectivity index (χ1v) is 10.0. The Balaban J connectivity index is 1.94. The van der Waals surface area contributed by atoms with E-state index in [2.05, 4.69) is 25.9 Å². The molecule has 154 valence electrons. The zero-order valence-corrected chi connectivity index (χ0v) is 17.5. The lowest BCUT2D eigenvalue weighted by Gasteiger charge is -2.10. The third kappa shape index (κ3) is 3.57. The quantitative estimate of drug-likeness (QED) is 0.467. The average Bonchev–Trinajstić information content (AvgIpc) is 3.39. The first-order chi connectivity index (χ1) is 14.7. The fourth-order valence-corrected chi connectivity index (χ4v) is 4.39. The number of H-pyrrole nitrogens is 1. The van der Waals surface area contributed by atoms with Gasteiger partial charge in [0.25, 0.3) is 11.9 Å². The summed E-state index contributed by atoms with van der Waals surface area (Å²) in [5.41, 5.74) is 1.37. The molecule has 0 aliphatic heterocycles. The number of anilines is 1. The molecule has 0 atom stereocenters. The van der Waals surface area contributed by atoms with Crippen LogP contribution in [0.3, 0.4) is 0 Å². The second-order valence-electron chi connectivity index (χ2n) is 6.25. The van der Waals surface area contributed by atoms with Gasteiger partial charge in [0.15, 0.2) is 11.5 Å². The number of aromatic nitrogens is 5. The Morgan fingerprint density at radius 2 is 1.90 bits per heavy atom. The summed E-state index contributed by atoms with van der Waals surface area (Å²) in [5.74, 6) is 0.974.